The van der Waals surface area contributed by atoms with Gasteiger partial charge < -0.3 is 9.73 Å². The number of furan rings is 1. The summed E-state index contributed by atoms with van der Waals surface area (Å²) in [4.78, 5) is 0. The molecule has 2 aromatic rings. The molecule has 1 aromatic heterocycles. The Balaban J connectivity index is 1.95. The maximum atomic E-state index is 12.8. The minimum Gasteiger partial charge on any atom is -0.452 e. The highest BCUT2D eigenvalue weighted by Gasteiger charge is 2.09. The van der Waals surface area contributed by atoms with Crippen molar-refractivity contribution >= 4 is 31.9 Å². The molecule has 1 heterocycles. The average Bonchev–Trinajstić information content (AvgIpc) is 2.67. The Morgan fingerprint density at radius 2 is 1.94 bits per heavy atom. The van der Waals surface area contributed by atoms with E-state index in [1.165, 1.54) is 12.1 Å². The molecular weight excluding hydrogens is 365 g/mol. The van der Waals surface area contributed by atoms with E-state index < -0.39 is 0 Å². The van der Waals surface area contributed by atoms with Crippen molar-refractivity contribution in [2.24, 2.45) is 0 Å². The zero-order valence-corrected chi connectivity index (χ0v) is 12.9. The lowest BCUT2D eigenvalue weighted by Gasteiger charge is -2.13. The van der Waals surface area contributed by atoms with E-state index in [1.807, 2.05) is 13.0 Å². The van der Waals surface area contributed by atoms with Gasteiger partial charge in [0.05, 0.1) is 11.0 Å². The maximum Gasteiger partial charge on any atom is 0.183 e. The number of benzene rings is 1. The molecule has 1 aromatic carbocycles. The summed E-state index contributed by atoms with van der Waals surface area (Å²) in [6.45, 7) is 2.64. The molecule has 0 spiro atoms. The van der Waals surface area contributed by atoms with Crippen LogP contribution in [0.4, 0.5) is 4.39 Å². The van der Waals surface area contributed by atoms with E-state index in [0.29, 0.717) is 11.2 Å². The molecule has 1 N–H and O–H groups in total. The Kier molecular flexibility index (Phi) is 4.59. The highest BCUT2D eigenvalue weighted by atomic mass is 79.9. The lowest BCUT2D eigenvalue weighted by Crippen LogP contribution is -2.17. The Hall–Kier alpha value is -0.650. The quantitative estimate of drug-likeness (QED) is 0.829. The molecule has 0 saturated heterocycles. The van der Waals surface area contributed by atoms with Crippen LogP contribution in [0.3, 0.4) is 0 Å². The van der Waals surface area contributed by atoms with E-state index in [4.69, 9.17) is 4.42 Å². The van der Waals surface area contributed by atoms with Gasteiger partial charge in [0, 0.05) is 6.04 Å². The molecule has 1 atom stereocenters. The van der Waals surface area contributed by atoms with Crippen molar-refractivity contribution in [3.63, 3.8) is 0 Å². The van der Waals surface area contributed by atoms with Crippen LogP contribution in [0.15, 0.2) is 43.9 Å². The summed E-state index contributed by atoms with van der Waals surface area (Å²) in [5.74, 6) is 0.618. The lowest BCUT2D eigenvalue weighted by molar-refractivity contribution is 0.446. The normalized spacial score (nSPS) is 12.7. The molecule has 0 amide bonds. The Morgan fingerprint density at radius 1 is 1.28 bits per heavy atom. The van der Waals surface area contributed by atoms with Gasteiger partial charge in [0.1, 0.15) is 11.6 Å². The van der Waals surface area contributed by atoms with Gasteiger partial charge in [-0.15, -0.1) is 0 Å². The molecule has 2 rings (SSSR count). The standard InChI is InChI=1S/C13H12Br2FNO/c1-8(9-2-4-10(16)5-3-9)17-7-11-6-12(14)13(15)18-11/h2-6,8,17H,7H2,1H3. The second-order valence-electron chi connectivity index (χ2n) is 3.99. The molecule has 0 aliphatic rings. The molecule has 0 aliphatic heterocycles. The third kappa shape index (κ3) is 3.43. The lowest BCUT2D eigenvalue weighted by atomic mass is 10.1. The Morgan fingerprint density at radius 3 is 2.50 bits per heavy atom. The molecule has 1 unspecified atom stereocenters. The fourth-order valence-electron chi connectivity index (χ4n) is 1.60. The summed E-state index contributed by atoms with van der Waals surface area (Å²) in [5.41, 5.74) is 1.04. The number of nitrogens with one attached hydrogen (secondary N) is 1. The number of halogens is 3. The predicted octanol–water partition coefficient (Wildman–Crippen LogP) is 4.79. The number of hydrogen-bond acceptors (Lipinski definition) is 2. The third-order valence-corrected chi connectivity index (χ3v) is 4.36. The van der Waals surface area contributed by atoms with Crippen molar-refractivity contribution in [3.8, 4) is 0 Å². The molecule has 0 saturated carbocycles. The van der Waals surface area contributed by atoms with Gasteiger partial charge in [-0.2, -0.15) is 0 Å². The van der Waals surface area contributed by atoms with Crippen LogP contribution in [0, 0.1) is 5.82 Å². The highest BCUT2D eigenvalue weighted by molar-refractivity contribution is 9.13. The predicted molar refractivity (Wildman–Crippen MR) is 75.8 cm³/mol. The van der Waals surface area contributed by atoms with Crippen molar-refractivity contribution in [3.05, 3.63) is 56.6 Å². The van der Waals surface area contributed by atoms with Crippen molar-refractivity contribution in [1.82, 2.24) is 5.32 Å². The molecule has 0 aliphatic carbocycles. The van der Waals surface area contributed by atoms with Gasteiger partial charge >= 0.3 is 0 Å². The van der Waals surface area contributed by atoms with E-state index in [9.17, 15) is 4.39 Å². The first-order valence-electron chi connectivity index (χ1n) is 5.49. The van der Waals surface area contributed by atoms with Gasteiger partial charge in [0.15, 0.2) is 4.67 Å². The van der Waals surface area contributed by atoms with E-state index >= 15 is 0 Å². The second-order valence-corrected chi connectivity index (χ2v) is 5.56. The Bertz CT molecular complexity index is 505. The SMILES string of the molecule is CC(NCc1cc(Br)c(Br)o1)c1ccc(F)cc1. The molecule has 96 valence electrons. The van der Waals surface area contributed by atoms with Crippen molar-refractivity contribution in [2.75, 3.05) is 0 Å². The fourth-order valence-corrected chi connectivity index (χ4v) is 2.26. The van der Waals surface area contributed by atoms with Crippen LogP contribution < -0.4 is 5.32 Å². The molecule has 5 heteroatoms. The summed E-state index contributed by atoms with van der Waals surface area (Å²) in [5, 5.41) is 3.32. The molecular formula is C13H12Br2FNO. The van der Waals surface area contributed by atoms with E-state index in [1.54, 1.807) is 12.1 Å². The van der Waals surface area contributed by atoms with Gasteiger partial charge in [-0.05, 0) is 62.5 Å². The Labute approximate surface area is 122 Å². The first-order chi connectivity index (χ1) is 8.56. The zero-order valence-electron chi connectivity index (χ0n) is 9.71. The largest absolute Gasteiger partial charge is 0.452 e. The molecule has 18 heavy (non-hydrogen) atoms. The van der Waals surface area contributed by atoms with E-state index in [-0.39, 0.29) is 11.9 Å². The van der Waals surface area contributed by atoms with Crippen LogP contribution in [-0.4, -0.2) is 0 Å². The van der Waals surface area contributed by atoms with Crippen molar-refractivity contribution < 1.29 is 8.81 Å². The van der Waals surface area contributed by atoms with Crippen LogP contribution in [-0.2, 0) is 6.54 Å². The van der Waals surface area contributed by atoms with Gasteiger partial charge in [0.2, 0.25) is 0 Å². The van der Waals surface area contributed by atoms with Gasteiger partial charge in [-0.3, -0.25) is 0 Å². The van der Waals surface area contributed by atoms with Gasteiger partial charge in [-0.25, -0.2) is 4.39 Å². The van der Waals surface area contributed by atoms with Gasteiger partial charge in [0.25, 0.3) is 0 Å². The monoisotopic (exact) mass is 375 g/mol. The summed E-state index contributed by atoms with van der Waals surface area (Å²) >= 11 is 6.66. The van der Waals surface area contributed by atoms with Gasteiger partial charge in [-0.1, -0.05) is 12.1 Å². The number of rotatable bonds is 4. The summed E-state index contributed by atoms with van der Waals surface area (Å²) in [6.07, 6.45) is 0. The minimum atomic E-state index is -0.218. The average molecular weight is 377 g/mol. The minimum absolute atomic E-state index is 0.133. The highest BCUT2D eigenvalue weighted by Crippen LogP contribution is 2.27. The summed E-state index contributed by atoms with van der Waals surface area (Å²) < 4.78 is 19.9. The molecule has 0 fully saturated rings. The third-order valence-electron chi connectivity index (χ3n) is 2.65. The van der Waals surface area contributed by atoms with Crippen LogP contribution in [0.5, 0.6) is 0 Å². The van der Waals surface area contributed by atoms with Crippen molar-refractivity contribution in [2.45, 2.75) is 19.5 Å². The van der Waals surface area contributed by atoms with E-state index in [2.05, 4.69) is 37.2 Å². The summed E-state index contributed by atoms with van der Waals surface area (Å²) in [6, 6.07) is 8.53. The zero-order chi connectivity index (χ0) is 13.1. The smallest absolute Gasteiger partial charge is 0.183 e. The first-order valence-corrected chi connectivity index (χ1v) is 7.07. The number of hydrogen-bond donors (Lipinski definition) is 1. The summed E-state index contributed by atoms with van der Waals surface area (Å²) in [7, 11) is 0. The van der Waals surface area contributed by atoms with Crippen LogP contribution >= 0.6 is 31.9 Å². The topological polar surface area (TPSA) is 25.2 Å². The van der Waals surface area contributed by atoms with Crippen LogP contribution in [0.2, 0.25) is 0 Å². The van der Waals surface area contributed by atoms with Crippen LogP contribution in [0.25, 0.3) is 0 Å². The molecule has 0 radical (unpaired) electrons. The van der Waals surface area contributed by atoms with E-state index in [0.717, 1.165) is 15.8 Å². The molecule has 0 bridgehead atoms. The van der Waals surface area contributed by atoms with Crippen LogP contribution in [0.1, 0.15) is 24.3 Å². The second kappa shape index (κ2) is 5.99. The first kappa shape index (κ1) is 13.8. The van der Waals surface area contributed by atoms with Crippen molar-refractivity contribution in [1.29, 1.82) is 0 Å². The fraction of sp³-hybridized carbons (Fsp3) is 0.231. The molecule has 2 nitrogen and oxygen atoms in total. The maximum absolute atomic E-state index is 12.8.